The normalized spacial score (nSPS) is 24.1. The molecule has 15 heavy (non-hydrogen) atoms. The molecule has 1 aromatic rings. The molecule has 1 aliphatic rings. The maximum absolute atomic E-state index is 5.68. The minimum absolute atomic E-state index is 0.0781. The molecular weight excluding hydrogens is 252 g/mol. The summed E-state index contributed by atoms with van der Waals surface area (Å²) in [7, 11) is 0. The second-order valence-corrected chi connectivity index (χ2v) is 5.45. The zero-order valence-corrected chi connectivity index (χ0v) is 10.6. The Kier molecular flexibility index (Phi) is 2.98. The lowest BCUT2D eigenvalue weighted by molar-refractivity contribution is -0.161. The molecule has 1 unspecified atom stereocenters. The molecule has 0 radical (unpaired) electrons. The third kappa shape index (κ3) is 2.93. The minimum atomic E-state index is 0.0781. The Morgan fingerprint density at radius 2 is 1.93 bits per heavy atom. The molecular formula is C13H15BrO. The van der Waals surface area contributed by atoms with Gasteiger partial charge in [-0.05, 0) is 31.5 Å². The summed E-state index contributed by atoms with van der Waals surface area (Å²) in [6.07, 6.45) is 5.66. The van der Waals surface area contributed by atoms with Crippen molar-refractivity contribution < 1.29 is 4.74 Å². The summed E-state index contributed by atoms with van der Waals surface area (Å²) in [5.74, 6) is 0. The molecule has 1 fully saturated rings. The molecule has 0 N–H and O–H groups in total. The molecule has 80 valence electrons. The van der Waals surface area contributed by atoms with Gasteiger partial charge in [-0.1, -0.05) is 40.2 Å². The number of halogens is 1. The van der Waals surface area contributed by atoms with Gasteiger partial charge >= 0.3 is 0 Å². The summed E-state index contributed by atoms with van der Waals surface area (Å²) in [4.78, 5) is 0. The van der Waals surface area contributed by atoms with Crippen molar-refractivity contribution in [1.82, 2.24) is 0 Å². The standard InChI is InChI=1S/C13H15BrO/c1-13(2)9-12(15-13)8-5-10-3-6-11(14)7-4-10/h3-8,12H,9H2,1-2H3. The van der Waals surface area contributed by atoms with E-state index in [0.717, 1.165) is 10.9 Å². The highest BCUT2D eigenvalue weighted by atomic mass is 79.9. The quantitative estimate of drug-likeness (QED) is 0.786. The van der Waals surface area contributed by atoms with Gasteiger partial charge < -0.3 is 4.74 Å². The minimum Gasteiger partial charge on any atom is -0.368 e. The van der Waals surface area contributed by atoms with E-state index in [2.05, 4.69) is 54.1 Å². The number of hydrogen-bond acceptors (Lipinski definition) is 1. The van der Waals surface area contributed by atoms with Gasteiger partial charge in [-0.3, -0.25) is 0 Å². The van der Waals surface area contributed by atoms with Crippen molar-refractivity contribution in [2.75, 3.05) is 0 Å². The molecule has 0 amide bonds. The van der Waals surface area contributed by atoms with E-state index in [1.54, 1.807) is 0 Å². The zero-order chi connectivity index (χ0) is 10.9. The predicted octanol–water partition coefficient (Wildman–Crippen LogP) is 4.03. The van der Waals surface area contributed by atoms with Crippen LogP contribution in [0.3, 0.4) is 0 Å². The average molecular weight is 267 g/mol. The molecule has 1 aliphatic heterocycles. The highest BCUT2D eigenvalue weighted by Crippen LogP contribution is 2.32. The highest BCUT2D eigenvalue weighted by molar-refractivity contribution is 9.10. The van der Waals surface area contributed by atoms with Crippen LogP contribution in [0.4, 0.5) is 0 Å². The number of rotatable bonds is 2. The van der Waals surface area contributed by atoms with E-state index in [0.29, 0.717) is 6.10 Å². The van der Waals surface area contributed by atoms with E-state index < -0.39 is 0 Å². The van der Waals surface area contributed by atoms with Crippen LogP contribution in [0.1, 0.15) is 25.8 Å². The Labute approximate surface area is 99.3 Å². The average Bonchev–Trinajstić information content (AvgIpc) is 2.14. The van der Waals surface area contributed by atoms with Gasteiger partial charge in [-0.2, -0.15) is 0 Å². The molecule has 1 atom stereocenters. The van der Waals surface area contributed by atoms with Gasteiger partial charge in [0.15, 0.2) is 0 Å². The summed E-state index contributed by atoms with van der Waals surface area (Å²) >= 11 is 3.42. The Morgan fingerprint density at radius 3 is 2.47 bits per heavy atom. The largest absolute Gasteiger partial charge is 0.368 e. The highest BCUT2D eigenvalue weighted by Gasteiger charge is 2.35. The van der Waals surface area contributed by atoms with Gasteiger partial charge in [-0.15, -0.1) is 0 Å². The van der Waals surface area contributed by atoms with Gasteiger partial charge in [0.25, 0.3) is 0 Å². The molecule has 0 bridgehead atoms. The molecule has 1 heterocycles. The van der Waals surface area contributed by atoms with Crippen molar-refractivity contribution in [3.05, 3.63) is 40.4 Å². The maximum Gasteiger partial charge on any atom is 0.0793 e. The third-order valence-corrected chi connectivity index (χ3v) is 3.07. The van der Waals surface area contributed by atoms with Crippen LogP contribution in [0, 0.1) is 0 Å². The zero-order valence-electron chi connectivity index (χ0n) is 9.03. The molecule has 0 aromatic heterocycles. The molecule has 1 nitrogen and oxygen atoms in total. The van der Waals surface area contributed by atoms with E-state index in [-0.39, 0.29) is 5.60 Å². The number of hydrogen-bond donors (Lipinski definition) is 0. The summed E-state index contributed by atoms with van der Waals surface area (Å²) in [5, 5.41) is 0. The van der Waals surface area contributed by atoms with Gasteiger partial charge in [0.1, 0.15) is 0 Å². The fourth-order valence-corrected chi connectivity index (χ4v) is 2.05. The fourth-order valence-electron chi connectivity index (χ4n) is 1.78. The fraction of sp³-hybridized carbons (Fsp3) is 0.385. The smallest absolute Gasteiger partial charge is 0.0793 e. The summed E-state index contributed by atoms with van der Waals surface area (Å²) in [5.41, 5.74) is 1.29. The van der Waals surface area contributed by atoms with Gasteiger partial charge in [0.05, 0.1) is 11.7 Å². The van der Waals surface area contributed by atoms with E-state index in [9.17, 15) is 0 Å². The van der Waals surface area contributed by atoms with Crippen LogP contribution in [0.2, 0.25) is 0 Å². The SMILES string of the molecule is CC1(C)CC(C=Cc2ccc(Br)cc2)O1. The number of ether oxygens (including phenoxy) is 1. The second-order valence-electron chi connectivity index (χ2n) is 4.53. The van der Waals surface area contributed by atoms with Crippen molar-refractivity contribution in [1.29, 1.82) is 0 Å². The van der Waals surface area contributed by atoms with Crippen molar-refractivity contribution in [2.45, 2.75) is 32.0 Å². The second kappa shape index (κ2) is 4.11. The first-order valence-corrected chi connectivity index (χ1v) is 5.96. The lowest BCUT2D eigenvalue weighted by atomic mass is 9.93. The molecule has 0 aliphatic carbocycles. The first-order chi connectivity index (χ1) is 7.05. The lowest BCUT2D eigenvalue weighted by Gasteiger charge is -2.41. The molecule has 2 heteroatoms. The van der Waals surface area contributed by atoms with Crippen LogP contribution in [0.25, 0.3) is 6.08 Å². The molecule has 1 saturated heterocycles. The molecule has 0 spiro atoms. The monoisotopic (exact) mass is 266 g/mol. The first-order valence-electron chi connectivity index (χ1n) is 5.17. The molecule has 0 saturated carbocycles. The summed E-state index contributed by atoms with van der Waals surface area (Å²) in [6.45, 7) is 4.24. The first kappa shape index (κ1) is 10.9. The summed E-state index contributed by atoms with van der Waals surface area (Å²) in [6, 6.07) is 8.27. The van der Waals surface area contributed by atoms with Crippen LogP contribution >= 0.6 is 15.9 Å². The van der Waals surface area contributed by atoms with Gasteiger partial charge in [0.2, 0.25) is 0 Å². The van der Waals surface area contributed by atoms with E-state index in [4.69, 9.17) is 4.74 Å². The Bertz CT molecular complexity index is 357. The lowest BCUT2D eigenvalue weighted by Crippen LogP contribution is -2.44. The van der Waals surface area contributed by atoms with Crippen LogP contribution in [-0.2, 0) is 4.74 Å². The van der Waals surface area contributed by atoms with Crippen molar-refractivity contribution in [2.24, 2.45) is 0 Å². The Hall–Kier alpha value is -0.600. The molecule has 2 rings (SSSR count). The van der Waals surface area contributed by atoms with E-state index >= 15 is 0 Å². The maximum atomic E-state index is 5.68. The Balaban J connectivity index is 1.92. The van der Waals surface area contributed by atoms with E-state index in [1.165, 1.54) is 5.56 Å². The van der Waals surface area contributed by atoms with E-state index in [1.807, 2.05) is 12.1 Å². The van der Waals surface area contributed by atoms with Crippen molar-refractivity contribution >= 4 is 22.0 Å². The van der Waals surface area contributed by atoms with Crippen LogP contribution in [0.5, 0.6) is 0 Å². The van der Waals surface area contributed by atoms with Crippen LogP contribution < -0.4 is 0 Å². The third-order valence-electron chi connectivity index (χ3n) is 2.54. The van der Waals surface area contributed by atoms with Crippen molar-refractivity contribution in [3.8, 4) is 0 Å². The van der Waals surface area contributed by atoms with Crippen molar-refractivity contribution in [3.63, 3.8) is 0 Å². The van der Waals surface area contributed by atoms with Crippen LogP contribution in [-0.4, -0.2) is 11.7 Å². The predicted molar refractivity (Wildman–Crippen MR) is 66.7 cm³/mol. The summed E-state index contributed by atoms with van der Waals surface area (Å²) < 4.78 is 6.79. The number of benzene rings is 1. The van der Waals surface area contributed by atoms with Gasteiger partial charge in [0, 0.05) is 10.9 Å². The topological polar surface area (TPSA) is 9.23 Å². The van der Waals surface area contributed by atoms with Gasteiger partial charge in [-0.25, -0.2) is 0 Å². The molecule has 1 aromatic carbocycles. The Morgan fingerprint density at radius 1 is 1.33 bits per heavy atom. The van der Waals surface area contributed by atoms with Crippen LogP contribution in [0.15, 0.2) is 34.8 Å².